The van der Waals surface area contributed by atoms with Crippen molar-refractivity contribution >= 4 is 29.3 Å². The van der Waals surface area contributed by atoms with Crippen molar-refractivity contribution in [2.75, 3.05) is 7.05 Å². The first-order valence-corrected chi connectivity index (χ1v) is 6.67. The van der Waals surface area contributed by atoms with Crippen molar-refractivity contribution in [1.82, 2.24) is 14.7 Å². The molecule has 0 aromatic carbocycles. The molecule has 2 atom stereocenters. The van der Waals surface area contributed by atoms with Crippen LogP contribution in [0.15, 0.2) is 10.7 Å². The molecular formula is C9H13N3O2S2. The molecule has 1 aliphatic carbocycles. The number of likely N-dealkylation sites (N-methyl/N-ethyl adjacent to an activating group) is 1. The van der Waals surface area contributed by atoms with Gasteiger partial charge in [-0.05, 0) is 37.8 Å². The predicted octanol–water partition coefficient (Wildman–Crippen LogP) is 1.23. The smallest absolute Gasteiger partial charge is 0.323 e. The number of carbonyl (C=O) groups is 1. The number of thioether (sulfide) groups is 1. The number of nitrogens with zero attached hydrogens (tertiary/aromatic N) is 2. The van der Waals surface area contributed by atoms with Crippen LogP contribution in [0.1, 0.15) is 19.3 Å². The predicted molar refractivity (Wildman–Crippen MR) is 62.8 cm³/mol. The molecule has 1 heterocycles. The van der Waals surface area contributed by atoms with Crippen LogP contribution in [0.2, 0.25) is 0 Å². The highest BCUT2D eigenvalue weighted by atomic mass is 32.2. The summed E-state index contributed by atoms with van der Waals surface area (Å²) in [5, 5.41) is 12.5. The maximum Gasteiger partial charge on any atom is 0.323 e. The Kier molecular flexibility index (Phi) is 3.46. The first kappa shape index (κ1) is 11.8. The summed E-state index contributed by atoms with van der Waals surface area (Å²) in [4.78, 5) is 15.3. The summed E-state index contributed by atoms with van der Waals surface area (Å²) in [6, 6.07) is 0. The molecule has 7 heteroatoms. The lowest BCUT2D eigenvalue weighted by molar-refractivity contribution is -0.144. The fourth-order valence-corrected chi connectivity index (χ4v) is 3.97. The first-order valence-electron chi connectivity index (χ1n) is 5.02. The van der Waals surface area contributed by atoms with E-state index in [-0.39, 0.29) is 0 Å². The number of carboxylic acid groups (broad SMARTS) is 1. The maximum absolute atomic E-state index is 11.2. The Morgan fingerprint density at radius 2 is 2.62 bits per heavy atom. The molecule has 88 valence electrons. The van der Waals surface area contributed by atoms with E-state index in [1.54, 1.807) is 18.8 Å². The van der Waals surface area contributed by atoms with Gasteiger partial charge in [0.05, 0.1) is 0 Å². The molecule has 5 nitrogen and oxygen atoms in total. The van der Waals surface area contributed by atoms with Crippen LogP contribution >= 0.6 is 23.3 Å². The third kappa shape index (κ3) is 2.21. The molecule has 2 rings (SSSR count). The second-order valence-corrected chi connectivity index (χ2v) is 6.15. The molecule has 1 saturated carbocycles. The Morgan fingerprint density at radius 3 is 3.12 bits per heavy atom. The number of carboxylic acids is 1. The zero-order valence-electron chi connectivity index (χ0n) is 8.84. The third-order valence-corrected chi connectivity index (χ3v) is 4.98. The fraction of sp³-hybridized carbons (Fsp3) is 0.667. The van der Waals surface area contributed by atoms with E-state index in [1.807, 2.05) is 0 Å². The van der Waals surface area contributed by atoms with Crippen molar-refractivity contribution in [1.29, 1.82) is 0 Å². The van der Waals surface area contributed by atoms with E-state index < -0.39 is 11.5 Å². The summed E-state index contributed by atoms with van der Waals surface area (Å²) in [6.07, 6.45) is 3.75. The SMILES string of the molecule is CNC1(C(=O)O)CCC(Sc2ncns2)C1. The van der Waals surface area contributed by atoms with E-state index in [9.17, 15) is 9.90 Å². The Balaban J connectivity index is 1.99. The highest BCUT2D eigenvalue weighted by Crippen LogP contribution is 2.40. The van der Waals surface area contributed by atoms with Gasteiger partial charge >= 0.3 is 5.97 Å². The summed E-state index contributed by atoms with van der Waals surface area (Å²) in [6.45, 7) is 0. The number of aromatic nitrogens is 2. The largest absolute Gasteiger partial charge is 0.480 e. The molecule has 0 saturated heterocycles. The summed E-state index contributed by atoms with van der Waals surface area (Å²) in [7, 11) is 1.71. The molecule has 1 aromatic rings. The second kappa shape index (κ2) is 4.68. The van der Waals surface area contributed by atoms with Gasteiger partial charge in [-0.2, -0.15) is 4.37 Å². The Morgan fingerprint density at radius 1 is 1.81 bits per heavy atom. The molecular weight excluding hydrogens is 246 g/mol. The molecule has 0 amide bonds. The van der Waals surface area contributed by atoms with Gasteiger partial charge in [0.15, 0.2) is 4.34 Å². The lowest BCUT2D eigenvalue weighted by atomic mass is 9.99. The Labute approximate surface area is 102 Å². The molecule has 0 bridgehead atoms. The Bertz CT molecular complexity index is 371. The number of nitrogens with one attached hydrogen (secondary N) is 1. The van der Waals surface area contributed by atoms with Crippen LogP contribution < -0.4 is 5.32 Å². The zero-order chi connectivity index (χ0) is 11.6. The van der Waals surface area contributed by atoms with Crippen LogP contribution in [-0.4, -0.2) is 38.3 Å². The topological polar surface area (TPSA) is 75.1 Å². The number of aliphatic carboxylic acids is 1. The van der Waals surface area contributed by atoms with E-state index in [1.165, 1.54) is 17.9 Å². The molecule has 2 N–H and O–H groups in total. The lowest BCUT2D eigenvalue weighted by Crippen LogP contribution is -2.48. The summed E-state index contributed by atoms with van der Waals surface area (Å²) < 4.78 is 4.85. The van der Waals surface area contributed by atoms with Gasteiger partial charge in [0.25, 0.3) is 0 Å². The summed E-state index contributed by atoms with van der Waals surface area (Å²) in [5.74, 6) is -0.754. The molecule has 1 fully saturated rings. The average molecular weight is 259 g/mol. The van der Waals surface area contributed by atoms with E-state index in [0.29, 0.717) is 18.1 Å². The molecule has 16 heavy (non-hydrogen) atoms. The average Bonchev–Trinajstić information content (AvgIpc) is 2.88. The zero-order valence-corrected chi connectivity index (χ0v) is 10.5. The number of hydrogen-bond donors (Lipinski definition) is 2. The van der Waals surface area contributed by atoms with Crippen LogP contribution in [0.5, 0.6) is 0 Å². The van der Waals surface area contributed by atoms with Crippen LogP contribution in [-0.2, 0) is 4.79 Å². The first-order chi connectivity index (χ1) is 7.66. The minimum absolute atomic E-state index is 0.316. The monoisotopic (exact) mass is 259 g/mol. The van der Waals surface area contributed by atoms with Gasteiger partial charge in [0, 0.05) is 5.25 Å². The van der Waals surface area contributed by atoms with Crippen molar-refractivity contribution in [2.45, 2.75) is 34.4 Å². The van der Waals surface area contributed by atoms with Gasteiger partial charge in [-0.1, -0.05) is 11.8 Å². The van der Waals surface area contributed by atoms with Crippen LogP contribution in [0.25, 0.3) is 0 Å². The van der Waals surface area contributed by atoms with E-state index in [2.05, 4.69) is 14.7 Å². The van der Waals surface area contributed by atoms with Gasteiger partial charge in [-0.25, -0.2) is 4.98 Å². The molecule has 0 spiro atoms. The normalized spacial score (nSPS) is 29.4. The number of rotatable bonds is 4. The van der Waals surface area contributed by atoms with E-state index in [0.717, 1.165) is 10.8 Å². The standard InChI is InChI=1S/C9H13N3O2S2/c1-10-9(7(13)14)3-2-6(4-9)15-8-11-5-12-16-8/h5-6,10H,2-4H2,1H3,(H,13,14). The van der Waals surface area contributed by atoms with Crippen molar-refractivity contribution in [3.05, 3.63) is 6.33 Å². The quantitative estimate of drug-likeness (QED) is 0.847. The second-order valence-electron chi connectivity index (χ2n) is 3.83. The highest BCUT2D eigenvalue weighted by molar-refractivity contribution is 8.01. The van der Waals surface area contributed by atoms with Crippen molar-refractivity contribution in [3.63, 3.8) is 0 Å². The molecule has 2 unspecified atom stereocenters. The van der Waals surface area contributed by atoms with Crippen LogP contribution in [0.3, 0.4) is 0 Å². The molecule has 0 aliphatic heterocycles. The lowest BCUT2D eigenvalue weighted by Gasteiger charge is -2.23. The fourth-order valence-electron chi connectivity index (χ4n) is 1.99. The third-order valence-electron chi connectivity index (χ3n) is 2.97. The minimum Gasteiger partial charge on any atom is -0.480 e. The summed E-state index contributed by atoms with van der Waals surface area (Å²) >= 11 is 2.99. The van der Waals surface area contributed by atoms with Crippen molar-refractivity contribution < 1.29 is 9.90 Å². The molecule has 0 radical (unpaired) electrons. The van der Waals surface area contributed by atoms with Gasteiger partial charge < -0.3 is 10.4 Å². The van der Waals surface area contributed by atoms with Gasteiger partial charge in [0.2, 0.25) is 0 Å². The minimum atomic E-state index is -0.754. The van der Waals surface area contributed by atoms with E-state index in [4.69, 9.17) is 0 Å². The van der Waals surface area contributed by atoms with Crippen LogP contribution in [0, 0.1) is 0 Å². The molecule has 1 aromatic heterocycles. The van der Waals surface area contributed by atoms with Gasteiger partial charge in [-0.3, -0.25) is 4.79 Å². The number of hydrogen-bond acceptors (Lipinski definition) is 6. The van der Waals surface area contributed by atoms with E-state index >= 15 is 0 Å². The highest BCUT2D eigenvalue weighted by Gasteiger charge is 2.44. The van der Waals surface area contributed by atoms with Crippen LogP contribution in [0.4, 0.5) is 0 Å². The van der Waals surface area contributed by atoms with Crippen molar-refractivity contribution in [2.24, 2.45) is 0 Å². The van der Waals surface area contributed by atoms with Gasteiger partial charge in [-0.15, -0.1) is 0 Å². The molecule has 1 aliphatic rings. The van der Waals surface area contributed by atoms with Crippen molar-refractivity contribution in [3.8, 4) is 0 Å². The maximum atomic E-state index is 11.2. The Hall–Kier alpha value is -0.660. The summed E-state index contributed by atoms with van der Waals surface area (Å²) in [5.41, 5.74) is -0.748. The van der Waals surface area contributed by atoms with Gasteiger partial charge in [0.1, 0.15) is 11.9 Å².